The van der Waals surface area contributed by atoms with Crippen LogP contribution in [0.15, 0.2) is 100 Å². The van der Waals surface area contributed by atoms with Crippen molar-refractivity contribution in [3.05, 3.63) is 122 Å². The van der Waals surface area contributed by atoms with Crippen molar-refractivity contribution in [1.29, 1.82) is 0 Å². The van der Waals surface area contributed by atoms with Crippen LogP contribution in [0.3, 0.4) is 0 Å². The fourth-order valence-corrected chi connectivity index (χ4v) is 7.18. The molecule has 2 fully saturated rings. The fourth-order valence-electron chi connectivity index (χ4n) is 7.00. The quantitative estimate of drug-likeness (QED) is 0.297. The summed E-state index contributed by atoms with van der Waals surface area (Å²) in [7, 11) is 0. The van der Waals surface area contributed by atoms with E-state index in [1.165, 1.54) is 20.3 Å². The van der Waals surface area contributed by atoms with E-state index in [0.29, 0.717) is 27.5 Å². The maximum atomic E-state index is 14.3. The van der Waals surface area contributed by atoms with Crippen LogP contribution in [-0.4, -0.2) is 30.9 Å². The standard InChI is InChI=1S/C31H25ClN4O5/c1-31-23(27(38)34(28(31)39)19-8-4-2-5-9-19)17-24-21(26(31)22-16-18(32)12-13-25(22)37)14-15-33-29(40)35(30(41)36(24)33)20-10-6-3-7-11-20/h2-14,16,23-24,26,37H,15,17H2,1H3/t23-,24+,26+,31+/m0/s1. The highest BCUT2D eigenvalue weighted by Gasteiger charge is 2.65. The van der Waals surface area contributed by atoms with Crippen LogP contribution in [0.5, 0.6) is 5.75 Å². The predicted octanol–water partition coefficient (Wildman–Crippen LogP) is 4.02. The summed E-state index contributed by atoms with van der Waals surface area (Å²) in [6.07, 6.45) is 1.97. The van der Waals surface area contributed by atoms with Crippen LogP contribution in [0.25, 0.3) is 5.69 Å². The van der Waals surface area contributed by atoms with Crippen molar-refractivity contribution < 1.29 is 14.7 Å². The average Bonchev–Trinajstić information content (AvgIpc) is 3.35. The molecule has 41 heavy (non-hydrogen) atoms. The second-order valence-corrected chi connectivity index (χ2v) is 11.3. The topological polar surface area (TPSA) is 107 Å². The minimum absolute atomic E-state index is 0.0727. The van der Waals surface area contributed by atoms with Crippen molar-refractivity contribution in [1.82, 2.24) is 13.9 Å². The third kappa shape index (κ3) is 3.42. The summed E-state index contributed by atoms with van der Waals surface area (Å²) in [6.45, 7) is 1.84. The molecule has 1 aliphatic carbocycles. The van der Waals surface area contributed by atoms with E-state index in [1.54, 1.807) is 79.7 Å². The van der Waals surface area contributed by atoms with Gasteiger partial charge in [0.25, 0.3) is 0 Å². The Morgan fingerprint density at radius 3 is 2.22 bits per heavy atom. The number of hydrogen-bond donors (Lipinski definition) is 1. The van der Waals surface area contributed by atoms with Gasteiger partial charge in [-0.25, -0.2) is 28.4 Å². The highest BCUT2D eigenvalue weighted by molar-refractivity contribution is 6.30. The summed E-state index contributed by atoms with van der Waals surface area (Å²) < 4.78 is 3.90. The lowest BCUT2D eigenvalue weighted by Crippen LogP contribution is -2.49. The van der Waals surface area contributed by atoms with Crippen molar-refractivity contribution in [2.75, 3.05) is 4.90 Å². The molecule has 3 aromatic carbocycles. The lowest BCUT2D eigenvalue weighted by molar-refractivity contribution is -0.129. The van der Waals surface area contributed by atoms with Crippen molar-refractivity contribution in [2.45, 2.75) is 31.8 Å². The summed E-state index contributed by atoms with van der Waals surface area (Å²) in [6, 6.07) is 21.3. The lowest BCUT2D eigenvalue weighted by Gasteiger charge is -2.47. The second-order valence-electron chi connectivity index (χ2n) is 10.9. The highest BCUT2D eigenvalue weighted by Crippen LogP contribution is 2.62. The van der Waals surface area contributed by atoms with Gasteiger partial charge in [-0.3, -0.25) is 9.59 Å². The van der Waals surface area contributed by atoms with Crippen molar-refractivity contribution in [3.63, 3.8) is 0 Å². The van der Waals surface area contributed by atoms with Crippen LogP contribution in [0.2, 0.25) is 5.02 Å². The summed E-state index contributed by atoms with van der Waals surface area (Å²) in [5, 5.41) is 11.4. The van der Waals surface area contributed by atoms with Crippen LogP contribution < -0.4 is 16.3 Å². The number of benzene rings is 3. The number of carbonyl (C=O) groups excluding carboxylic acids is 2. The molecule has 2 amide bonds. The molecule has 1 saturated carbocycles. The predicted molar refractivity (Wildman–Crippen MR) is 152 cm³/mol. The Kier molecular flexibility index (Phi) is 5.53. The molecule has 0 unspecified atom stereocenters. The summed E-state index contributed by atoms with van der Waals surface area (Å²) in [5.74, 6) is -2.47. The van der Waals surface area contributed by atoms with Gasteiger partial charge >= 0.3 is 11.4 Å². The van der Waals surface area contributed by atoms with E-state index in [2.05, 4.69) is 0 Å². The summed E-state index contributed by atoms with van der Waals surface area (Å²) >= 11 is 6.39. The third-order valence-electron chi connectivity index (χ3n) is 8.87. The Labute approximate surface area is 239 Å². The Hall–Kier alpha value is -4.63. The van der Waals surface area contributed by atoms with E-state index in [1.807, 2.05) is 6.08 Å². The molecule has 4 aromatic rings. The Morgan fingerprint density at radius 1 is 0.878 bits per heavy atom. The molecule has 0 radical (unpaired) electrons. The van der Waals surface area contributed by atoms with Gasteiger partial charge in [0.05, 0.1) is 35.3 Å². The molecule has 0 bridgehead atoms. The van der Waals surface area contributed by atoms with Gasteiger partial charge in [0, 0.05) is 16.5 Å². The number of amides is 2. The third-order valence-corrected chi connectivity index (χ3v) is 9.10. The second kappa shape index (κ2) is 8.94. The van der Waals surface area contributed by atoms with Crippen molar-refractivity contribution >= 4 is 29.1 Å². The molecule has 10 heteroatoms. The fraction of sp³-hybridized carbons (Fsp3) is 0.226. The number of hydrogen-bond acceptors (Lipinski definition) is 5. The first-order valence-electron chi connectivity index (χ1n) is 13.3. The molecule has 1 aromatic heterocycles. The van der Waals surface area contributed by atoms with E-state index < -0.39 is 34.7 Å². The van der Waals surface area contributed by atoms with Crippen molar-refractivity contribution in [3.8, 4) is 11.4 Å². The number of halogens is 1. The minimum atomic E-state index is -1.29. The smallest absolute Gasteiger partial charge is 0.352 e. The number of carbonyl (C=O) groups is 2. The molecule has 4 atom stereocenters. The maximum absolute atomic E-state index is 14.3. The van der Waals surface area contributed by atoms with Crippen LogP contribution in [-0.2, 0) is 16.1 Å². The first kappa shape index (κ1) is 25.3. The Morgan fingerprint density at radius 2 is 1.54 bits per heavy atom. The van der Waals surface area contributed by atoms with Gasteiger partial charge < -0.3 is 5.11 Å². The summed E-state index contributed by atoms with van der Waals surface area (Å²) in [5.41, 5.74) is -0.351. The normalized spacial score (nSPS) is 25.0. The van der Waals surface area contributed by atoms with Gasteiger partial charge in [-0.2, -0.15) is 0 Å². The minimum Gasteiger partial charge on any atom is -0.508 e. The zero-order valence-corrected chi connectivity index (χ0v) is 22.7. The molecular formula is C31H25ClN4O5. The monoisotopic (exact) mass is 568 g/mol. The summed E-state index contributed by atoms with van der Waals surface area (Å²) in [4.78, 5) is 57.0. The van der Waals surface area contributed by atoms with Gasteiger partial charge in [-0.1, -0.05) is 54.1 Å². The van der Waals surface area contributed by atoms with E-state index in [4.69, 9.17) is 11.6 Å². The number of phenols is 1. The largest absolute Gasteiger partial charge is 0.508 e. The van der Waals surface area contributed by atoms with Crippen LogP contribution >= 0.6 is 11.6 Å². The molecule has 7 rings (SSSR count). The van der Waals surface area contributed by atoms with Crippen LogP contribution in [0.1, 0.15) is 30.9 Å². The molecule has 206 valence electrons. The van der Waals surface area contributed by atoms with Gasteiger partial charge in [0.15, 0.2) is 0 Å². The molecule has 3 heterocycles. The maximum Gasteiger partial charge on any atom is 0.352 e. The number of allylic oxidation sites excluding steroid dienone is 2. The highest BCUT2D eigenvalue weighted by atomic mass is 35.5. The van der Waals surface area contributed by atoms with E-state index in [0.717, 1.165) is 4.57 Å². The molecule has 1 saturated heterocycles. The number of aromatic hydroxyl groups is 1. The number of fused-ring (bicyclic) bond motifs is 4. The number of nitrogens with zero attached hydrogens (tertiary/aromatic N) is 4. The molecule has 9 nitrogen and oxygen atoms in total. The number of rotatable bonds is 3. The van der Waals surface area contributed by atoms with Gasteiger partial charge in [0.2, 0.25) is 11.8 Å². The number of aromatic nitrogens is 3. The van der Waals surface area contributed by atoms with E-state index >= 15 is 0 Å². The van der Waals surface area contributed by atoms with Gasteiger partial charge in [-0.05, 0) is 61.4 Å². The number of anilines is 1. The zero-order valence-electron chi connectivity index (χ0n) is 22.0. The van der Waals surface area contributed by atoms with E-state index in [9.17, 15) is 24.3 Å². The number of phenolic OH excluding ortho intramolecular Hbond substituents is 1. The van der Waals surface area contributed by atoms with Gasteiger partial charge in [0.1, 0.15) is 5.75 Å². The first-order valence-corrected chi connectivity index (χ1v) is 13.7. The van der Waals surface area contributed by atoms with E-state index in [-0.39, 0.29) is 30.5 Å². The molecule has 3 aliphatic rings. The molecular weight excluding hydrogens is 544 g/mol. The van der Waals surface area contributed by atoms with Crippen molar-refractivity contribution in [2.24, 2.45) is 11.3 Å². The molecule has 1 N–H and O–H groups in total. The Bertz CT molecular complexity index is 1890. The first-order chi connectivity index (χ1) is 19.7. The zero-order chi connectivity index (χ0) is 28.6. The number of imide groups is 1. The van der Waals surface area contributed by atoms with Gasteiger partial charge in [-0.15, -0.1) is 0 Å². The molecule has 0 spiro atoms. The van der Waals surface area contributed by atoms with Crippen LogP contribution in [0.4, 0.5) is 5.69 Å². The number of para-hydroxylation sites is 2. The lowest BCUT2D eigenvalue weighted by atomic mass is 9.56. The SMILES string of the molecule is C[C@@]12C(=O)N(c3ccccc3)C(=O)[C@@H]1C[C@@H]1C(=CCn3c(=O)n(-c4ccccc4)c(=O)n31)[C@@H]2c1cc(Cl)ccc1O. The van der Waals surface area contributed by atoms with Crippen LogP contribution in [0, 0.1) is 11.3 Å². The molecule has 2 aliphatic heterocycles. The Balaban J connectivity index is 1.46. The average molecular weight is 569 g/mol.